The van der Waals surface area contributed by atoms with Crippen molar-refractivity contribution >= 4 is 17.8 Å². The molecule has 1 fully saturated rings. The molecule has 144 valence electrons. The third-order valence-electron chi connectivity index (χ3n) is 4.09. The number of carbonyl (C=O) groups is 2. The summed E-state index contributed by atoms with van der Waals surface area (Å²) in [6.45, 7) is 5.76. The molecular weight excluding hydrogens is 347 g/mol. The number of carbonyl (C=O) groups excluding carboxylic acids is 2. The number of nitrogens with one attached hydrogen (secondary N) is 1. The van der Waals surface area contributed by atoms with Gasteiger partial charge in [-0.25, -0.2) is 14.4 Å². The molecule has 0 spiro atoms. The molecule has 7 heteroatoms. The fourth-order valence-electron chi connectivity index (χ4n) is 2.69. The maximum Gasteiger partial charge on any atom is 0.254 e. The van der Waals surface area contributed by atoms with Crippen LogP contribution in [0, 0.1) is 6.92 Å². The Morgan fingerprint density at radius 2 is 1.89 bits per heavy atom. The number of hydrogen-bond acceptors (Lipinski definition) is 4. The quantitative estimate of drug-likeness (QED) is 0.873. The molecule has 1 saturated carbocycles. The highest BCUT2D eigenvalue weighted by Gasteiger charge is 2.41. The zero-order valence-corrected chi connectivity index (χ0v) is 16.1. The molecule has 6 nitrogen and oxygen atoms in total. The number of aryl methyl sites for hydroxylation is 1. The molecule has 1 heterocycles. The maximum atomic E-state index is 13.5. The maximum absolute atomic E-state index is 13.5. The average Bonchev–Trinajstić information content (AvgIpc) is 3.40. The number of aromatic nitrogens is 2. The average molecular weight is 372 g/mol. The van der Waals surface area contributed by atoms with Gasteiger partial charge in [0.1, 0.15) is 6.17 Å². The number of amides is 2. The second-order valence-electron chi connectivity index (χ2n) is 6.23. The summed E-state index contributed by atoms with van der Waals surface area (Å²) in [6.07, 6.45) is 2.58. The lowest BCUT2D eigenvalue weighted by Gasteiger charge is -2.19. The molecule has 0 saturated heterocycles. The topological polar surface area (TPSA) is 75.2 Å². The van der Waals surface area contributed by atoms with Crippen LogP contribution in [-0.2, 0) is 4.79 Å². The lowest BCUT2D eigenvalue weighted by Crippen LogP contribution is -2.35. The van der Waals surface area contributed by atoms with Crippen LogP contribution in [0.5, 0.6) is 0 Å². The van der Waals surface area contributed by atoms with Crippen LogP contribution >= 0.6 is 0 Å². The number of benzene rings is 1. The van der Waals surface area contributed by atoms with Crippen molar-refractivity contribution in [3.8, 4) is 0 Å². The molecular formula is C20H25FN4O2. The van der Waals surface area contributed by atoms with Gasteiger partial charge in [0.05, 0.1) is 6.54 Å². The number of anilines is 1. The van der Waals surface area contributed by atoms with Gasteiger partial charge in [0, 0.05) is 30.9 Å². The highest BCUT2D eigenvalue weighted by atomic mass is 19.1. The molecule has 1 aromatic carbocycles. The standard InChI is InChI=1S/C18H19FN4O2.C2H6/c1-11-4-5-12(13(8-11)14-9-15(14)19)17(25)23(2)10-16(24)22-18-20-6-3-7-21-18;1-2/h3-8,14-15H,9-10H2,1-2H3,(H,20,21,22,24);1-2H3. The summed E-state index contributed by atoms with van der Waals surface area (Å²) in [4.78, 5) is 33.9. The van der Waals surface area contributed by atoms with Gasteiger partial charge in [-0.05, 0) is 31.0 Å². The van der Waals surface area contributed by atoms with E-state index in [0.29, 0.717) is 12.0 Å². The van der Waals surface area contributed by atoms with Gasteiger partial charge < -0.3 is 4.90 Å². The predicted molar refractivity (Wildman–Crippen MR) is 102 cm³/mol. The minimum atomic E-state index is -0.891. The van der Waals surface area contributed by atoms with Gasteiger partial charge in [-0.15, -0.1) is 0 Å². The Balaban J connectivity index is 0.00000126. The Labute approximate surface area is 158 Å². The molecule has 1 aliphatic rings. The van der Waals surface area contributed by atoms with Gasteiger partial charge >= 0.3 is 0 Å². The molecule has 1 N–H and O–H groups in total. The van der Waals surface area contributed by atoms with Crippen molar-refractivity contribution in [1.29, 1.82) is 0 Å². The van der Waals surface area contributed by atoms with Gasteiger partial charge in [-0.3, -0.25) is 14.9 Å². The molecule has 2 amide bonds. The Morgan fingerprint density at radius 3 is 2.48 bits per heavy atom. The molecule has 2 aromatic rings. The van der Waals surface area contributed by atoms with E-state index in [1.54, 1.807) is 12.1 Å². The van der Waals surface area contributed by atoms with E-state index in [2.05, 4.69) is 15.3 Å². The van der Waals surface area contributed by atoms with Crippen molar-refractivity contribution in [3.63, 3.8) is 0 Å². The highest BCUT2D eigenvalue weighted by Crippen LogP contribution is 2.45. The third kappa shape index (κ3) is 5.32. The van der Waals surface area contributed by atoms with Crippen LogP contribution < -0.4 is 5.32 Å². The summed E-state index contributed by atoms with van der Waals surface area (Å²) in [5.74, 6) is -0.745. The number of alkyl halides is 1. The Kier molecular flexibility index (Phi) is 6.98. The van der Waals surface area contributed by atoms with E-state index in [-0.39, 0.29) is 24.3 Å². The van der Waals surface area contributed by atoms with Gasteiger partial charge in [-0.2, -0.15) is 0 Å². The Bertz CT molecular complexity index is 798. The predicted octanol–water partition coefficient (Wildman–Crippen LogP) is 3.35. The van der Waals surface area contributed by atoms with Gasteiger partial charge in [0.2, 0.25) is 11.9 Å². The largest absolute Gasteiger partial charge is 0.332 e. The summed E-state index contributed by atoms with van der Waals surface area (Å²) < 4.78 is 13.5. The molecule has 2 atom stereocenters. The summed E-state index contributed by atoms with van der Waals surface area (Å²) in [7, 11) is 1.54. The summed E-state index contributed by atoms with van der Waals surface area (Å²) in [5, 5.41) is 2.53. The molecule has 0 aliphatic heterocycles. The first-order valence-electron chi connectivity index (χ1n) is 9.02. The van der Waals surface area contributed by atoms with Crippen molar-refractivity contribution in [1.82, 2.24) is 14.9 Å². The van der Waals surface area contributed by atoms with Crippen molar-refractivity contribution in [2.45, 2.75) is 39.3 Å². The first kappa shape index (κ1) is 20.5. The number of likely N-dealkylation sites (N-methyl/N-ethyl adjacent to an activating group) is 1. The monoisotopic (exact) mass is 372 g/mol. The van der Waals surface area contributed by atoms with Crippen LogP contribution in [0.2, 0.25) is 0 Å². The van der Waals surface area contributed by atoms with Gasteiger partial charge in [-0.1, -0.05) is 31.5 Å². The fraction of sp³-hybridized carbons (Fsp3) is 0.400. The second-order valence-corrected chi connectivity index (χ2v) is 6.23. The first-order valence-corrected chi connectivity index (χ1v) is 9.02. The Morgan fingerprint density at radius 1 is 1.26 bits per heavy atom. The highest BCUT2D eigenvalue weighted by molar-refractivity contribution is 5.99. The zero-order valence-electron chi connectivity index (χ0n) is 16.1. The van der Waals surface area contributed by atoms with Crippen molar-refractivity contribution in [2.24, 2.45) is 0 Å². The van der Waals surface area contributed by atoms with Crippen LogP contribution in [0.15, 0.2) is 36.7 Å². The van der Waals surface area contributed by atoms with E-state index < -0.39 is 12.1 Å². The number of hydrogen-bond donors (Lipinski definition) is 1. The van der Waals surface area contributed by atoms with E-state index in [9.17, 15) is 14.0 Å². The Hall–Kier alpha value is -2.83. The first-order chi connectivity index (χ1) is 13.0. The molecule has 0 bridgehead atoms. The zero-order chi connectivity index (χ0) is 20.0. The van der Waals surface area contributed by atoms with E-state index in [0.717, 1.165) is 11.1 Å². The van der Waals surface area contributed by atoms with Crippen molar-refractivity contribution in [2.75, 3.05) is 18.9 Å². The van der Waals surface area contributed by atoms with Crippen LogP contribution in [0.1, 0.15) is 47.7 Å². The van der Waals surface area contributed by atoms with E-state index in [1.807, 2.05) is 32.9 Å². The summed E-state index contributed by atoms with van der Waals surface area (Å²) in [5.41, 5.74) is 2.14. The molecule has 1 aliphatic carbocycles. The van der Waals surface area contributed by atoms with E-state index >= 15 is 0 Å². The van der Waals surface area contributed by atoms with E-state index in [4.69, 9.17) is 0 Å². The minimum absolute atomic E-state index is 0.145. The normalized spacial score (nSPS) is 17.4. The fourth-order valence-corrected chi connectivity index (χ4v) is 2.69. The van der Waals surface area contributed by atoms with Crippen LogP contribution in [0.4, 0.5) is 10.3 Å². The van der Waals surface area contributed by atoms with Crippen LogP contribution in [0.25, 0.3) is 0 Å². The number of nitrogens with zero attached hydrogens (tertiary/aromatic N) is 3. The third-order valence-corrected chi connectivity index (χ3v) is 4.09. The van der Waals surface area contributed by atoms with Crippen LogP contribution in [-0.4, -0.2) is 46.4 Å². The second kappa shape index (κ2) is 9.21. The molecule has 0 radical (unpaired) electrons. The molecule has 3 rings (SSSR count). The molecule has 27 heavy (non-hydrogen) atoms. The van der Waals surface area contributed by atoms with Gasteiger partial charge in [0.25, 0.3) is 5.91 Å². The van der Waals surface area contributed by atoms with E-state index in [1.165, 1.54) is 24.3 Å². The number of halogens is 1. The van der Waals surface area contributed by atoms with Gasteiger partial charge in [0.15, 0.2) is 0 Å². The molecule has 2 unspecified atom stereocenters. The molecule has 1 aromatic heterocycles. The van der Waals surface area contributed by atoms with Crippen LogP contribution in [0.3, 0.4) is 0 Å². The minimum Gasteiger partial charge on any atom is -0.332 e. The summed E-state index contributed by atoms with van der Waals surface area (Å²) >= 11 is 0. The smallest absolute Gasteiger partial charge is 0.254 e. The lowest BCUT2D eigenvalue weighted by molar-refractivity contribution is -0.116. The lowest BCUT2D eigenvalue weighted by atomic mass is 9.99. The van der Waals surface area contributed by atoms with Crippen molar-refractivity contribution in [3.05, 3.63) is 53.3 Å². The SMILES string of the molecule is CC.Cc1ccc(C(=O)N(C)CC(=O)Nc2ncccn2)c(C2CC2F)c1. The summed E-state index contributed by atoms with van der Waals surface area (Å²) in [6, 6.07) is 7.01. The van der Waals surface area contributed by atoms with Crippen molar-refractivity contribution < 1.29 is 14.0 Å². The number of rotatable bonds is 5.